The average molecular weight is 299 g/mol. The lowest BCUT2D eigenvalue weighted by atomic mass is 10.0. The first kappa shape index (κ1) is 15.4. The molecule has 1 aliphatic rings. The van der Waals surface area contributed by atoms with Gasteiger partial charge in [-0.05, 0) is 30.4 Å². The Kier molecular flexibility index (Phi) is 4.26. The fourth-order valence-corrected chi connectivity index (χ4v) is 2.00. The molecule has 0 aliphatic heterocycles. The third-order valence-corrected chi connectivity index (χ3v) is 3.21. The highest BCUT2D eigenvalue weighted by Crippen LogP contribution is 2.43. The van der Waals surface area contributed by atoms with Crippen LogP contribution < -0.4 is 11.5 Å². The molecule has 0 radical (unpaired) electrons. The number of nitrogens with zero attached hydrogens (tertiary/aromatic N) is 3. The molecule has 0 amide bonds. The Morgan fingerprint density at radius 3 is 2.57 bits per heavy atom. The van der Waals surface area contributed by atoms with Crippen LogP contribution in [0.15, 0.2) is 16.8 Å². The summed E-state index contributed by atoms with van der Waals surface area (Å²) in [6.07, 6.45) is -1.76. The molecule has 1 fully saturated rings. The van der Waals surface area contributed by atoms with Crippen LogP contribution in [-0.2, 0) is 6.54 Å². The van der Waals surface area contributed by atoms with Gasteiger partial charge in [0.2, 0.25) is 0 Å². The molecule has 1 saturated carbocycles. The van der Waals surface area contributed by atoms with Gasteiger partial charge in [-0.25, -0.2) is 0 Å². The lowest BCUT2D eigenvalue weighted by molar-refractivity contribution is -0.0918. The molecule has 1 aliphatic carbocycles. The largest absolute Gasteiger partial charge is 0.431 e. The van der Waals surface area contributed by atoms with E-state index in [1.165, 1.54) is 7.05 Å². The summed E-state index contributed by atoms with van der Waals surface area (Å²) < 4.78 is 38.7. The van der Waals surface area contributed by atoms with Crippen LogP contribution in [0.25, 0.3) is 5.57 Å². The monoisotopic (exact) mass is 299 g/mol. The summed E-state index contributed by atoms with van der Waals surface area (Å²) in [7, 11) is 1.38. The van der Waals surface area contributed by atoms with E-state index in [0.717, 1.165) is 19.1 Å². The second-order valence-corrected chi connectivity index (χ2v) is 4.83. The molecule has 0 unspecified atom stereocenters. The molecule has 2 rings (SSSR count). The molecule has 8 heteroatoms. The zero-order valence-electron chi connectivity index (χ0n) is 11.5. The molecule has 0 saturated heterocycles. The molecule has 1 aromatic heterocycles. The highest BCUT2D eigenvalue weighted by molar-refractivity contribution is 6.10. The Balaban J connectivity index is 2.61. The van der Waals surface area contributed by atoms with Crippen LogP contribution in [0.2, 0.25) is 0 Å². The summed E-state index contributed by atoms with van der Waals surface area (Å²) in [5, 5.41) is 7.75. The molecule has 1 heterocycles. The number of hydrogen-bond donors (Lipinski definition) is 2. The number of allylic oxidation sites excluding steroid dienone is 2. The predicted molar refractivity (Wildman–Crippen MR) is 73.5 cm³/mol. The van der Waals surface area contributed by atoms with Crippen molar-refractivity contribution in [3.8, 4) is 0 Å². The van der Waals surface area contributed by atoms with Crippen molar-refractivity contribution in [3.05, 3.63) is 28.7 Å². The highest BCUT2D eigenvalue weighted by atomic mass is 19.4. The molecule has 21 heavy (non-hydrogen) atoms. The zero-order valence-corrected chi connectivity index (χ0v) is 11.5. The van der Waals surface area contributed by atoms with Crippen molar-refractivity contribution in [2.75, 3.05) is 7.05 Å². The van der Waals surface area contributed by atoms with E-state index >= 15 is 0 Å². The van der Waals surface area contributed by atoms with Crippen molar-refractivity contribution >= 4 is 11.8 Å². The van der Waals surface area contributed by atoms with E-state index in [0.29, 0.717) is 11.3 Å². The van der Waals surface area contributed by atoms with Gasteiger partial charge in [0.15, 0.2) is 0 Å². The first-order chi connectivity index (χ1) is 9.88. The minimum atomic E-state index is -4.65. The summed E-state index contributed by atoms with van der Waals surface area (Å²) in [6.45, 7) is 0.183. The van der Waals surface area contributed by atoms with Crippen molar-refractivity contribution < 1.29 is 13.2 Å². The van der Waals surface area contributed by atoms with Crippen molar-refractivity contribution in [1.82, 2.24) is 10.2 Å². The summed E-state index contributed by atoms with van der Waals surface area (Å²) in [6, 6.07) is 1.70. The number of rotatable bonds is 4. The SMILES string of the molecule is CN=CC(=C(N)C(F)(F)F)c1nnc(CN)cc1C1CC1. The van der Waals surface area contributed by atoms with Gasteiger partial charge in [0.25, 0.3) is 0 Å². The second kappa shape index (κ2) is 5.80. The molecule has 114 valence electrons. The normalized spacial score (nSPS) is 17.2. The van der Waals surface area contributed by atoms with Gasteiger partial charge >= 0.3 is 6.18 Å². The maximum absolute atomic E-state index is 12.9. The van der Waals surface area contributed by atoms with Crippen LogP contribution in [0.4, 0.5) is 13.2 Å². The second-order valence-electron chi connectivity index (χ2n) is 4.83. The van der Waals surface area contributed by atoms with E-state index in [-0.39, 0.29) is 23.7 Å². The molecule has 0 atom stereocenters. The third kappa shape index (κ3) is 3.38. The van der Waals surface area contributed by atoms with Gasteiger partial charge in [-0.3, -0.25) is 4.99 Å². The van der Waals surface area contributed by atoms with Crippen LogP contribution in [0, 0.1) is 0 Å². The van der Waals surface area contributed by atoms with E-state index in [9.17, 15) is 13.2 Å². The Morgan fingerprint density at radius 1 is 1.43 bits per heavy atom. The van der Waals surface area contributed by atoms with Crippen LogP contribution in [0.1, 0.15) is 35.7 Å². The van der Waals surface area contributed by atoms with Gasteiger partial charge in [-0.2, -0.15) is 18.3 Å². The lowest BCUT2D eigenvalue weighted by Gasteiger charge is -2.14. The van der Waals surface area contributed by atoms with Gasteiger partial charge in [0.05, 0.1) is 5.69 Å². The summed E-state index contributed by atoms with van der Waals surface area (Å²) in [5.41, 5.74) is 10.7. The number of hydrogen-bond acceptors (Lipinski definition) is 5. The zero-order chi connectivity index (χ0) is 15.6. The third-order valence-electron chi connectivity index (χ3n) is 3.21. The number of aromatic nitrogens is 2. The standard InChI is InChI=1S/C13H16F3N5/c1-19-6-10(12(18)13(14,15)16)11-9(7-2-3-7)4-8(5-17)20-21-11/h4,6-7H,2-3,5,17-18H2,1H3. The quantitative estimate of drug-likeness (QED) is 0.829. The minimum Gasteiger partial charge on any atom is -0.394 e. The van der Waals surface area contributed by atoms with Gasteiger partial charge in [-0.1, -0.05) is 0 Å². The van der Waals surface area contributed by atoms with Crippen molar-refractivity contribution in [2.45, 2.75) is 31.5 Å². The van der Waals surface area contributed by atoms with E-state index in [1.807, 2.05) is 0 Å². The molecule has 0 bridgehead atoms. The Hall–Kier alpha value is -1.96. The summed E-state index contributed by atoms with van der Waals surface area (Å²) in [5.74, 6) is 0.182. The fourth-order valence-electron chi connectivity index (χ4n) is 2.00. The van der Waals surface area contributed by atoms with Crippen molar-refractivity contribution in [2.24, 2.45) is 16.5 Å². The highest BCUT2D eigenvalue weighted by Gasteiger charge is 2.36. The molecular weight excluding hydrogens is 283 g/mol. The van der Waals surface area contributed by atoms with Crippen molar-refractivity contribution in [3.63, 3.8) is 0 Å². The van der Waals surface area contributed by atoms with Crippen LogP contribution in [0.3, 0.4) is 0 Å². The summed E-state index contributed by atoms with van der Waals surface area (Å²) in [4.78, 5) is 3.66. The van der Waals surface area contributed by atoms with Gasteiger partial charge < -0.3 is 11.5 Å². The first-order valence-corrected chi connectivity index (χ1v) is 6.44. The topological polar surface area (TPSA) is 90.2 Å². The average Bonchev–Trinajstić information content (AvgIpc) is 3.27. The fraction of sp³-hybridized carbons (Fsp3) is 0.462. The molecular formula is C13H16F3N5. The van der Waals surface area contributed by atoms with Crippen LogP contribution in [-0.4, -0.2) is 29.6 Å². The Morgan fingerprint density at radius 2 is 2.10 bits per heavy atom. The molecule has 1 aromatic rings. The van der Waals surface area contributed by atoms with Gasteiger partial charge in [0, 0.05) is 25.4 Å². The van der Waals surface area contributed by atoms with E-state index in [1.54, 1.807) is 6.07 Å². The van der Waals surface area contributed by atoms with Gasteiger partial charge in [-0.15, -0.1) is 5.10 Å². The maximum Gasteiger partial charge on any atom is 0.431 e. The molecule has 5 nitrogen and oxygen atoms in total. The van der Waals surface area contributed by atoms with E-state index < -0.39 is 11.9 Å². The number of alkyl halides is 3. The maximum atomic E-state index is 12.9. The van der Waals surface area contributed by atoms with Crippen LogP contribution >= 0.6 is 0 Å². The predicted octanol–water partition coefficient (Wildman–Crippen LogP) is 1.75. The molecule has 0 aromatic carbocycles. The Labute approximate surface area is 119 Å². The van der Waals surface area contributed by atoms with Crippen molar-refractivity contribution in [1.29, 1.82) is 0 Å². The Bertz CT molecular complexity index is 588. The lowest BCUT2D eigenvalue weighted by Crippen LogP contribution is -2.23. The number of aliphatic imine (C=N–C) groups is 1. The van der Waals surface area contributed by atoms with Gasteiger partial charge in [0.1, 0.15) is 11.4 Å². The number of nitrogens with two attached hydrogens (primary N) is 2. The smallest absolute Gasteiger partial charge is 0.394 e. The van der Waals surface area contributed by atoms with Crippen LogP contribution in [0.5, 0.6) is 0 Å². The van der Waals surface area contributed by atoms with E-state index in [2.05, 4.69) is 15.2 Å². The summed E-state index contributed by atoms with van der Waals surface area (Å²) >= 11 is 0. The molecule has 4 N–H and O–H groups in total. The number of halogens is 3. The van der Waals surface area contributed by atoms with E-state index in [4.69, 9.17) is 11.5 Å². The molecule has 0 spiro atoms. The minimum absolute atomic E-state index is 0.134. The first-order valence-electron chi connectivity index (χ1n) is 6.44.